The van der Waals surface area contributed by atoms with Crippen molar-refractivity contribution >= 4 is 11.0 Å². The molecule has 0 N–H and O–H groups in total. The minimum Gasteiger partial charge on any atom is -0.327 e. The van der Waals surface area contributed by atoms with Crippen molar-refractivity contribution in [1.29, 1.82) is 0 Å². The first-order valence-electron chi connectivity index (χ1n) is 7.09. The Morgan fingerprint density at radius 1 is 1.17 bits per heavy atom. The Bertz CT molecular complexity index is 568. The largest absolute Gasteiger partial charge is 0.327 e. The quantitative estimate of drug-likeness (QED) is 0.724. The summed E-state index contributed by atoms with van der Waals surface area (Å²) < 4.78 is 2.41. The van der Waals surface area contributed by atoms with Gasteiger partial charge in [-0.1, -0.05) is 19.8 Å². The predicted octanol–water partition coefficient (Wildman–Crippen LogP) is 4.40. The number of aromatic nitrogens is 2. The lowest BCUT2D eigenvalue weighted by Crippen LogP contribution is -2.16. The molecule has 1 aliphatic carbocycles. The lowest BCUT2D eigenvalue weighted by molar-refractivity contribution is 0.286. The maximum atomic E-state index is 4.58. The summed E-state index contributed by atoms with van der Waals surface area (Å²) >= 11 is 0. The zero-order valence-corrected chi connectivity index (χ0v) is 11.6. The number of rotatable bonds is 1. The molecule has 1 fully saturated rings. The molecular weight excluding hydrogens is 220 g/mol. The van der Waals surface area contributed by atoms with E-state index >= 15 is 0 Å². The van der Waals surface area contributed by atoms with Gasteiger partial charge in [-0.15, -0.1) is 0 Å². The van der Waals surface area contributed by atoms with Crippen molar-refractivity contribution in [2.75, 3.05) is 0 Å². The fourth-order valence-corrected chi connectivity index (χ4v) is 3.23. The van der Waals surface area contributed by atoms with E-state index in [1.54, 1.807) is 0 Å². The molecule has 0 bridgehead atoms. The van der Waals surface area contributed by atoms with E-state index in [2.05, 4.69) is 42.5 Å². The molecule has 1 aromatic carbocycles. The Hall–Kier alpha value is -1.31. The van der Waals surface area contributed by atoms with Crippen molar-refractivity contribution in [3.8, 4) is 0 Å². The highest BCUT2D eigenvalue weighted by molar-refractivity contribution is 5.77. The zero-order valence-electron chi connectivity index (χ0n) is 11.6. The van der Waals surface area contributed by atoms with E-state index in [1.165, 1.54) is 42.3 Å². The van der Waals surface area contributed by atoms with E-state index in [-0.39, 0.29) is 0 Å². The molecule has 0 amide bonds. The second-order valence-electron chi connectivity index (χ2n) is 6.00. The molecule has 2 atom stereocenters. The molecule has 2 aromatic rings. The Morgan fingerprint density at radius 2 is 1.94 bits per heavy atom. The number of hydrogen-bond acceptors (Lipinski definition) is 1. The molecule has 1 saturated carbocycles. The van der Waals surface area contributed by atoms with Crippen LogP contribution in [0.5, 0.6) is 0 Å². The average molecular weight is 242 g/mol. The molecular formula is C16H22N2. The number of hydrogen-bond donors (Lipinski definition) is 0. The molecule has 0 radical (unpaired) electrons. The monoisotopic (exact) mass is 242 g/mol. The van der Waals surface area contributed by atoms with Gasteiger partial charge in [0.15, 0.2) is 0 Å². The highest BCUT2D eigenvalue weighted by Crippen LogP contribution is 2.34. The fraction of sp³-hybridized carbons (Fsp3) is 0.562. The van der Waals surface area contributed by atoms with Crippen LogP contribution in [0.4, 0.5) is 0 Å². The average Bonchev–Trinajstić information content (AvgIpc) is 2.73. The zero-order chi connectivity index (χ0) is 12.7. The van der Waals surface area contributed by atoms with Crippen molar-refractivity contribution < 1.29 is 0 Å². The summed E-state index contributed by atoms with van der Waals surface area (Å²) in [6.07, 6.45) is 7.41. The maximum Gasteiger partial charge on any atom is 0.0960 e. The second-order valence-corrected chi connectivity index (χ2v) is 6.00. The van der Waals surface area contributed by atoms with Crippen LogP contribution in [-0.4, -0.2) is 9.55 Å². The van der Waals surface area contributed by atoms with Crippen LogP contribution in [0.1, 0.15) is 49.8 Å². The molecule has 2 unspecified atom stereocenters. The molecule has 18 heavy (non-hydrogen) atoms. The van der Waals surface area contributed by atoms with Crippen molar-refractivity contribution in [1.82, 2.24) is 9.55 Å². The molecule has 96 valence electrons. The van der Waals surface area contributed by atoms with Crippen LogP contribution in [0.25, 0.3) is 11.0 Å². The molecule has 1 heterocycles. The first-order valence-corrected chi connectivity index (χ1v) is 7.09. The van der Waals surface area contributed by atoms with Crippen LogP contribution < -0.4 is 0 Å². The van der Waals surface area contributed by atoms with Crippen molar-refractivity contribution in [2.24, 2.45) is 5.92 Å². The first-order chi connectivity index (χ1) is 8.65. The summed E-state index contributed by atoms with van der Waals surface area (Å²) in [5, 5.41) is 0. The summed E-state index contributed by atoms with van der Waals surface area (Å²) in [5.41, 5.74) is 5.17. The van der Waals surface area contributed by atoms with Crippen LogP contribution in [0, 0.1) is 19.8 Å². The van der Waals surface area contributed by atoms with E-state index in [0.717, 1.165) is 11.4 Å². The summed E-state index contributed by atoms with van der Waals surface area (Å²) in [6, 6.07) is 5.17. The van der Waals surface area contributed by atoms with Gasteiger partial charge in [0.25, 0.3) is 0 Å². The minimum atomic E-state index is 0.654. The van der Waals surface area contributed by atoms with Gasteiger partial charge >= 0.3 is 0 Å². The number of fused-ring (bicyclic) bond motifs is 1. The van der Waals surface area contributed by atoms with Gasteiger partial charge < -0.3 is 4.57 Å². The van der Waals surface area contributed by atoms with Crippen molar-refractivity contribution in [3.05, 3.63) is 29.6 Å². The van der Waals surface area contributed by atoms with E-state index in [9.17, 15) is 0 Å². The molecule has 2 heteroatoms. The second kappa shape index (κ2) is 4.42. The summed E-state index contributed by atoms with van der Waals surface area (Å²) in [4.78, 5) is 4.58. The van der Waals surface area contributed by atoms with Crippen LogP contribution in [0.2, 0.25) is 0 Å². The molecule has 3 rings (SSSR count). The van der Waals surface area contributed by atoms with Crippen LogP contribution in [0.15, 0.2) is 18.5 Å². The number of benzene rings is 1. The normalized spacial score (nSPS) is 24.6. The molecule has 2 nitrogen and oxygen atoms in total. The molecule has 0 aliphatic heterocycles. The number of nitrogens with zero attached hydrogens (tertiary/aromatic N) is 2. The molecule has 1 aromatic heterocycles. The van der Waals surface area contributed by atoms with Crippen LogP contribution >= 0.6 is 0 Å². The number of imidazole rings is 1. The van der Waals surface area contributed by atoms with Gasteiger partial charge in [0, 0.05) is 6.04 Å². The summed E-state index contributed by atoms with van der Waals surface area (Å²) in [6.45, 7) is 6.73. The maximum absolute atomic E-state index is 4.58. The van der Waals surface area contributed by atoms with Crippen LogP contribution in [0.3, 0.4) is 0 Å². The van der Waals surface area contributed by atoms with Gasteiger partial charge in [-0.2, -0.15) is 0 Å². The molecule has 0 spiro atoms. The molecule has 1 aliphatic rings. The van der Waals surface area contributed by atoms with E-state index in [4.69, 9.17) is 0 Å². The standard InChI is InChI=1S/C16H22N2/c1-11-5-4-6-14(7-11)18-10-17-15-8-12(2)13(3)9-16(15)18/h8-11,14H,4-7H2,1-3H3. The Balaban J connectivity index is 2.04. The number of aryl methyl sites for hydroxylation is 2. The van der Waals surface area contributed by atoms with Gasteiger partial charge in [0.05, 0.1) is 17.4 Å². The third-order valence-electron chi connectivity index (χ3n) is 4.49. The first kappa shape index (κ1) is 11.8. The van der Waals surface area contributed by atoms with Gasteiger partial charge in [0.2, 0.25) is 0 Å². The Labute approximate surface area is 109 Å². The van der Waals surface area contributed by atoms with E-state index in [1.807, 2.05) is 6.33 Å². The van der Waals surface area contributed by atoms with Gasteiger partial charge in [0.1, 0.15) is 0 Å². The lowest BCUT2D eigenvalue weighted by Gasteiger charge is -2.28. The van der Waals surface area contributed by atoms with E-state index in [0.29, 0.717) is 6.04 Å². The van der Waals surface area contributed by atoms with Crippen LogP contribution in [-0.2, 0) is 0 Å². The minimum absolute atomic E-state index is 0.654. The highest BCUT2D eigenvalue weighted by atomic mass is 15.1. The Morgan fingerprint density at radius 3 is 2.72 bits per heavy atom. The molecule has 0 saturated heterocycles. The summed E-state index contributed by atoms with van der Waals surface area (Å²) in [5.74, 6) is 0.854. The van der Waals surface area contributed by atoms with Gasteiger partial charge in [-0.05, 0) is 55.9 Å². The van der Waals surface area contributed by atoms with Crippen molar-refractivity contribution in [3.63, 3.8) is 0 Å². The van der Waals surface area contributed by atoms with E-state index < -0.39 is 0 Å². The predicted molar refractivity (Wildman–Crippen MR) is 75.9 cm³/mol. The summed E-state index contributed by atoms with van der Waals surface area (Å²) in [7, 11) is 0. The van der Waals surface area contributed by atoms with Crippen molar-refractivity contribution in [2.45, 2.75) is 52.5 Å². The Kier molecular flexibility index (Phi) is 2.89. The third-order valence-corrected chi connectivity index (χ3v) is 4.49. The van der Waals surface area contributed by atoms with Gasteiger partial charge in [-0.25, -0.2) is 4.98 Å². The third kappa shape index (κ3) is 1.94. The SMILES string of the molecule is Cc1cc2ncn(C3CCCC(C)C3)c2cc1C. The lowest BCUT2D eigenvalue weighted by atomic mass is 9.87. The fourth-order valence-electron chi connectivity index (χ4n) is 3.23. The smallest absolute Gasteiger partial charge is 0.0960 e. The topological polar surface area (TPSA) is 17.8 Å². The highest BCUT2D eigenvalue weighted by Gasteiger charge is 2.21. The van der Waals surface area contributed by atoms with Gasteiger partial charge in [-0.3, -0.25) is 0 Å².